The highest BCUT2D eigenvalue weighted by molar-refractivity contribution is 5.80. The minimum atomic E-state index is -0.654. The molecule has 2 aromatic rings. The molecule has 9 nitrogen and oxygen atoms in total. The van der Waals surface area contributed by atoms with Crippen LogP contribution in [0.5, 0.6) is 0 Å². The van der Waals surface area contributed by atoms with Gasteiger partial charge in [-0.25, -0.2) is 0 Å². The molecule has 0 unspecified atom stereocenters. The Kier molecular flexibility index (Phi) is 4.41. The zero-order valence-electron chi connectivity index (χ0n) is 14.6. The van der Waals surface area contributed by atoms with Gasteiger partial charge in [-0.15, -0.1) is 14.8 Å². The number of nitrogens with zero attached hydrogens (tertiary/aromatic N) is 7. The van der Waals surface area contributed by atoms with Crippen LogP contribution in [0.1, 0.15) is 44.9 Å². The maximum absolute atomic E-state index is 12.7. The van der Waals surface area contributed by atoms with Crippen molar-refractivity contribution >= 4 is 17.4 Å². The predicted octanol–water partition coefficient (Wildman–Crippen LogP) is 1.08. The second-order valence-electron chi connectivity index (χ2n) is 7.22. The molecule has 26 heavy (non-hydrogen) atoms. The molecule has 9 heteroatoms. The third-order valence-electron chi connectivity index (χ3n) is 5.53. The Morgan fingerprint density at radius 1 is 1.23 bits per heavy atom. The van der Waals surface area contributed by atoms with E-state index in [2.05, 4.69) is 36.9 Å². The second kappa shape index (κ2) is 6.86. The topological polar surface area (TPSA) is 112 Å². The van der Waals surface area contributed by atoms with E-state index < -0.39 is 5.54 Å². The molecule has 3 heterocycles. The number of hydrogen-bond donors (Lipinski definition) is 1. The number of nitrogens with one attached hydrogen (secondary N) is 1. The first-order chi connectivity index (χ1) is 12.7. The summed E-state index contributed by atoms with van der Waals surface area (Å²) < 4.78 is 1.41. The average Bonchev–Trinajstić information content (AvgIpc) is 3.16. The fourth-order valence-electron chi connectivity index (χ4n) is 3.94. The van der Waals surface area contributed by atoms with Crippen LogP contribution in [0, 0.1) is 17.2 Å². The Morgan fingerprint density at radius 2 is 2.00 bits per heavy atom. The minimum Gasteiger partial charge on any atom is -0.355 e. The molecule has 2 aliphatic rings. The fourth-order valence-corrected chi connectivity index (χ4v) is 3.94. The van der Waals surface area contributed by atoms with Crippen molar-refractivity contribution in [2.75, 3.05) is 18.0 Å². The molecule has 1 aliphatic carbocycles. The zero-order valence-corrected chi connectivity index (χ0v) is 14.6. The molecular weight excluding hydrogens is 332 g/mol. The first-order valence-corrected chi connectivity index (χ1v) is 9.23. The van der Waals surface area contributed by atoms with Gasteiger partial charge >= 0.3 is 0 Å². The number of amides is 1. The number of aromatic nitrogens is 5. The van der Waals surface area contributed by atoms with Crippen molar-refractivity contribution in [3.63, 3.8) is 0 Å². The van der Waals surface area contributed by atoms with E-state index >= 15 is 0 Å². The molecule has 1 aliphatic heterocycles. The summed E-state index contributed by atoms with van der Waals surface area (Å²) in [6.45, 7) is 1.50. The van der Waals surface area contributed by atoms with Crippen LogP contribution in [0.4, 0.5) is 5.82 Å². The highest BCUT2D eigenvalue weighted by Gasteiger charge is 2.36. The molecule has 0 aromatic carbocycles. The van der Waals surface area contributed by atoms with Crippen molar-refractivity contribution in [2.45, 2.75) is 50.5 Å². The molecule has 0 bridgehead atoms. The number of fused-ring (bicyclic) bond motifs is 1. The summed E-state index contributed by atoms with van der Waals surface area (Å²) in [5.74, 6) is 0.789. The first-order valence-electron chi connectivity index (χ1n) is 9.23. The molecule has 0 atom stereocenters. The van der Waals surface area contributed by atoms with Crippen LogP contribution in [0.3, 0.4) is 0 Å². The molecule has 1 N–H and O–H groups in total. The predicted molar refractivity (Wildman–Crippen MR) is 93.1 cm³/mol. The average molecular weight is 354 g/mol. The lowest BCUT2D eigenvalue weighted by Crippen LogP contribution is -2.52. The summed E-state index contributed by atoms with van der Waals surface area (Å²) in [7, 11) is 0. The van der Waals surface area contributed by atoms with E-state index in [0.29, 0.717) is 5.65 Å². The Bertz CT molecular complexity index is 827. The van der Waals surface area contributed by atoms with Crippen molar-refractivity contribution in [1.29, 1.82) is 5.26 Å². The number of carbonyl (C=O) groups is 1. The number of rotatable bonds is 3. The fraction of sp³-hybridized carbons (Fsp3) is 0.647. The van der Waals surface area contributed by atoms with E-state index in [9.17, 15) is 10.1 Å². The molecule has 1 saturated heterocycles. The van der Waals surface area contributed by atoms with Gasteiger partial charge in [0.25, 0.3) is 0 Å². The molecule has 1 amide bonds. The van der Waals surface area contributed by atoms with Crippen LogP contribution in [0.15, 0.2) is 12.1 Å². The number of hydrogen-bond acceptors (Lipinski definition) is 7. The van der Waals surface area contributed by atoms with E-state index in [-0.39, 0.29) is 11.8 Å². The van der Waals surface area contributed by atoms with Crippen molar-refractivity contribution in [1.82, 2.24) is 30.6 Å². The third-order valence-corrected chi connectivity index (χ3v) is 5.53. The van der Waals surface area contributed by atoms with Gasteiger partial charge in [0, 0.05) is 19.0 Å². The van der Waals surface area contributed by atoms with Crippen molar-refractivity contribution in [2.24, 2.45) is 5.92 Å². The lowest BCUT2D eigenvalue weighted by atomic mass is 9.82. The van der Waals surface area contributed by atoms with E-state index in [4.69, 9.17) is 0 Å². The molecular formula is C17H22N8O. The summed E-state index contributed by atoms with van der Waals surface area (Å²) in [5.41, 5.74) is -0.0450. The van der Waals surface area contributed by atoms with E-state index in [0.717, 1.165) is 63.9 Å². The first kappa shape index (κ1) is 16.7. The maximum Gasteiger partial charge on any atom is 0.224 e. The molecule has 4 rings (SSSR count). The van der Waals surface area contributed by atoms with E-state index in [1.807, 2.05) is 12.1 Å². The van der Waals surface area contributed by atoms with Crippen molar-refractivity contribution in [3.8, 4) is 6.07 Å². The van der Waals surface area contributed by atoms with Crippen LogP contribution in [-0.2, 0) is 4.79 Å². The monoisotopic (exact) mass is 354 g/mol. The van der Waals surface area contributed by atoms with Crippen molar-refractivity contribution < 1.29 is 4.79 Å². The highest BCUT2D eigenvalue weighted by atomic mass is 16.2. The second-order valence-corrected chi connectivity index (χ2v) is 7.22. The maximum atomic E-state index is 12.7. The molecule has 2 fully saturated rings. The zero-order chi connectivity index (χ0) is 18.0. The van der Waals surface area contributed by atoms with Crippen LogP contribution >= 0.6 is 0 Å². The number of tetrazole rings is 1. The third kappa shape index (κ3) is 3.19. The standard InChI is InChI=1S/C17H22N8O/c18-12-17(8-2-1-3-9-17)19-16(26)13-6-10-24(11-7-13)15-5-4-14-20-22-23-25(14)21-15/h4-5,13H,1-3,6-11H2,(H,19,26). The molecule has 136 valence electrons. The smallest absolute Gasteiger partial charge is 0.224 e. The van der Waals surface area contributed by atoms with Gasteiger partial charge < -0.3 is 10.2 Å². The molecule has 1 saturated carbocycles. The molecule has 0 radical (unpaired) electrons. The van der Waals surface area contributed by atoms with E-state index in [1.54, 1.807) is 0 Å². The van der Waals surface area contributed by atoms with Gasteiger partial charge in [0.2, 0.25) is 5.91 Å². The lowest BCUT2D eigenvalue weighted by Gasteiger charge is -2.36. The number of anilines is 1. The van der Waals surface area contributed by atoms with Crippen LogP contribution < -0.4 is 10.2 Å². The van der Waals surface area contributed by atoms with Gasteiger partial charge in [-0.2, -0.15) is 5.26 Å². The summed E-state index contributed by atoms with van der Waals surface area (Å²) in [6.07, 6.45) is 6.21. The van der Waals surface area contributed by atoms with Gasteiger partial charge in [0.1, 0.15) is 5.54 Å². The van der Waals surface area contributed by atoms with Gasteiger partial charge in [0.15, 0.2) is 11.5 Å². The Labute approximate surface area is 151 Å². The van der Waals surface area contributed by atoms with Crippen LogP contribution in [-0.4, -0.2) is 49.8 Å². The van der Waals surface area contributed by atoms with Crippen LogP contribution in [0.2, 0.25) is 0 Å². The van der Waals surface area contributed by atoms with Gasteiger partial charge in [-0.05, 0) is 48.2 Å². The number of piperidine rings is 1. The normalized spacial score (nSPS) is 20.7. The Morgan fingerprint density at radius 3 is 2.73 bits per heavy atom. The van der Waals surface area contributed by atoms with Gasteiger partial charge in [-0.1, -0.05) is 19.3 Å². The molecule has 2 aromatic heterocycles. The summed E-state index contributed by atoms with van der Waals surface area (Å²) in [6, 6.07) is 6.10. The van der Waals surface area contributed by atoms with Gasteiger partial charge in [-0.3, -0.25) is 4.79 Å². The summed E-state index contributed by atoms with van der Waals surface area (Å²) in [4.78, 5) is 14.8. The highest BCUT2D eigenvalue weighted by Crippen LogP contribution is 2.29. The van der Waals surface area contributed by atoms with E-state index in [1.165, 1.54) is 4.63 Å². The minimum absolute atomic E-state index is 0.0250. The molecule has 0 spiro atoms. The Balaban J connectivity index is 1.37. The van der Waals surface area contributed by atoms with Crippen molar-refractivity contribution in [3.05, 3.63) is 12.1 Å². The summed E-state index contributed by atoms with van der Waals surface area (Å²) in [5, 5.41) is 28.3. The summed E-state index contributed by atoms with van der Waals surface area (Å²) >= 11 is 0. The lowest BCUT2D eigenvalue weighted by molar-refractivity contribution is -0.127. The van der Waals surface area contributed by atoms with Crippen LogP contribution in [0.25, 0.3) is 5.65 Å². The Hall–Kier alpha value is -2.76. The quantitative estimate of drug-likeness (QED) is 0.877. The SMILES string of the molecule is N#CC1(NC(=O)C2CCN(c3ccc4nnnn4n3)CC2)CCCCC1. The number of carbonyl (C=O) groups excluding carboxylic acids is 1. The largest absolute Gasteiger partial charge is 0.355 e. The number of nitriles is 1. The van der Waals surface area contributed by atoms with Gasteiger partial charge in [0.05, 0.1) is 6.07 Å².